The summed E-state index contributed by atoms with van der Waals surface area (Å²) in [6, 6.07) is 9.81. The van der Waals surface area contributed by atoms with E-state index in [4.69, 9.17) is 23.8 Å². The van der Waals surface area contributed by atoms with Crippen molar-refractivity contribution in [2.24, 2.45) is 0 Å². The molecule has 84 valence electrons. The first-order valence-corrected chi connectivity index (χ1v) is 6.65. The maximum atomic E-state index is 6.14. The van der Waals surface area contributed by atoms with Gasteiger partial charge in [0.25, 0.3) is 0 Å². The third-order valence-corrected chi connectivity index (χ3v) is 4.19. The summed E-state index contributed by atoms with van der Waals surface area (Å²) in [6.45, 7) is 0. The van der Waals surface area contributed by atoms with Gasteiger partial charge in [-0.05, 0) is 11.4 Å². The fourth-order valence-corrected chi connectivity index (χ4v) is 3.12. The molecule has 0 fully saturated rings. The van der Waals surface area contributed by atoms with Crippen LogP contribution in [0, 0.1) is 4.64 Å². The number of nitrogens with one attached hydrogen (secondary N) is 1. The van der Waals surface area contributed by atoms with Crippen LogP contribution in [0.2, 0.25) is 5.02 Å². The van der Waals surface area contributed by atoms with Crippen LogP contribution in [0.5, 0.6) is 0 Å². The molecular formula is C12H7ClN2S2. The van der Waals surface area contributed by atoms with Crippen molar-refractivity contribution in [3.05, 3.63) is 45.4 Å². The first-order valence-electron chi connectivity index (χ1n) is 4.98. The van der Waals surface area contributed by atoms with E-state index < -0.39 is 0 Å². The molecule has 0 bridgehead atoms. The number of aromatic nitrogens is 2. The van der Waals surface area contributed by atoms with E-state index in [-0.39, 0.29) is 0 Å². The second kappa shape index (κ2) is 4.22. The van der Waals surface area contributed by atoms with E-state index in [2.05, 4.69) is 10.2 Å². The molecule has 0 aliphatic carbocycles. The zero-order valence-electron chi connectivity index (χ0n) is 8.61. The van der Waals surface area contributed by atoms with Crippen LogP contribution < -0.4 is 0 Å². The van der Waals surface area contributed by atoms with E-state index in [0.29, 0.717) is 4.64 Å². The summed E-state index contributed by atoms with van der Waals surface area (Å²) in [5.74, 6) is 0. The number of H-pyrrole nitrogens is 1. The lowest BCUT2D eigenvalue weighted by Crippen LogP contribution is -1.89. The number of halogens is 1. The van der Waals surface area contributed by atoms with Crippen molar-refractivity contribution in [1.82, 2.24) is 10.2 Å². The highest BCUT2D eigenvalue weighted by atomic mass is 35.5. The van der Waals surface area contributed by atoms with Gasteiger partial charge in [0.15, 0.2) is 0 Å². The lowest BCUT2D eigenvalue weighted by molar-refractivity contribution is 1.05. The van der Waals surface area contributed by atoms with Crippen molar-refractivity contribution in [2.45, 2.75) is 0 Å². The molecule has 3 rings (SSSR count). The van der Waals surface area contributed by atoms with Crippen LogP contribution in [0.4, 0.5) is 0 Å². The number of hydrogen-bond acceptors (Lipinski definition) is 3. The molecule has 2 nitrogen and oxygen atoms in total. The largest absolute Gasteiger partial charge is 0.267 e. The maximum Gasteiger partial charge on any atom is 0.127 e. The minimum Gasteiger partial charge on any atom is -0.267 e. The minimum absolute atomic E-state index is 0.650. The molecule has 1 N–H and O–H groups in total. The Morgan fingerprint density at radius 1 is 1.18 bits per heavy atom. The van der Waals surface area contributed by atoms with Crippen LogP contribution in [0.3, 0.4) is 0 Å². The van der Waals surface area contributed by atoms with Crippen LogP contribution in [0.1, 0.15) is 0 Å². The molecule has 0 atom stereocenters. The molecule has 1 aromatic carbocycles. The fraction of sp³-hybridized carbons (Fsp3) is 0. The van der Waals surface area contributed by atoms with Gasteiger partial charge in [-0.2, -0.15) is 5.10 Å². The molecule has 0 saturated heterocycles. The highest BCUT2D eigenvalue weighted by Gasteiger charge is 2.11. The summed E-state index contributed by atoms with van der Waals surface area (Å²) in [5.41, 5.74) is 0.856. The number of aromatic amines is 1. The summed E-state index contributed by atoms with van der Waals surface area (Å²) in [7, 11) is 0. The summed E-state index contributed by atoms with van der Waals surface area (Å²) >= 11 is 12.9. The van der Waals surface area contributed by atoms with Crippen molar-refractivity contribution in [2.75, 3.05) is 0 Å². The third-order valence-electron chi connectivity index (χ3n) is 2.53. The standard InChI is InChI=1S/C12H7ClN2S2/c13-9-5-6-17-11(9)10-7-3-1-2-4-8(7)12(16)15-14-10/h1-6H,(H,15,16). The Hall–Kier alpha value is -1.23. The zero-order chi connectivity index (χ0) is 11.8. The van der Waals surface area contributed by atoms with E-state index in [0.717, 1.165) is 26.4 Å². The van der Waals surface area contributed by atoms with Gasteiger partial charge in [-0.15, -0.1) is 11.3 Å². The second-order valence-corrected chi connectivity index (χ2v) is 5.28. The van der Waals surface area contributed by atoms with Gasteiger partial charge in [0.2, 0.25) is 0 Å². The molecular weight excluding hydrogens is 272 g/mol. The number of rotatable bonds is 1. The summed E-state index contributed by atoms with van der Waals surface area (Å²) in [4.78, 5) is 0.967. The summed E-state index contributed by atoms with van der Waals surface area (Å²) < 4.78 is 0.650. The number of thiophene rings is 1. The Balaban J connectivity index is 2.43. The monoisotopic (exact) mass is 278 g/mol. The lowest BCUT2D eigenvalue weighted by atomic mass is 10.1. The SMILES string of the molecule is S=c1[nH]nc(-c2sccc2Cl)c2ccccc12. The van der Waals surface area contributed by atoms with Gasteiger partial charge in [-0.3, -0.25) is 5.10 Å². The quantitative estimate of drug-likeness (QED) is 0.655. The number of nitrogens with zero attached hydrogens (tertiary/aromatic N) is 1. The molecule has 3 aromatic rings. The molecule has 17 heavy (non-hydrogen) atoms. The molecule has 5 heteroatoms. The maximum absolute atomic E-state index is 6.14. The number of hydrogen-bond donors (Lipinski definition) is 1. The van der Waals surface area contributed by atoms with Crippen molar-refractivity contribution < 1.29 is 0 Å². The molecule has 0 radical (unpaired) electrons. The van der Waals surface area contributed by atoms with Crippen LogP contribution in [-0.2, 0) is 0 Å². The molecule has 0 amide bonds. The topological polar surface area (TPSA) is 28.7 Å². The van der Waals surface area contributed by atoms with Crippen LogP contribution in [-0.4, -0.2) is 10.2 Å². The Bertz CT molecular complexity index is 745. The van der Waals surface area contributed by atoms with Crippen molar-refractivity contribution >= 4 is 45.9 Å². The van der Waals surface area contributed by atoms with Crippen molar-refractivity contribution in [3.63, 3.8) is 0 Å². The zero-order valence-corrected chi connectivity index (χ0v) is 11.0. The average molecular weight is 279 g/mol. The molecule has 0 unspecified atom stereocenters. The number of benzene rings is 1. The molecule has 0 aliphatic heterocycles. The van der Waals surface area contributed by atoms with E-state index in [1.807, 2.05) is 35.7 Å². The van der Waals surface area contributed by atoms with Crippen LogP contribution >= 0.6 is 35.2 Å². The highest BCUT2D eigenvalue weighted by Crippen LogP contribution is 2.35. The minimum atomic E-state index is 0.650. The fourth-order valence-electron chi connectivity index (χ4n) is 1.75. The Labute approximate surface area is 112 Å². The van der Waals surface area contributed by atoms with E-state index in [1.54, 1.807) is 11.3 Å². The average Bonchev–Trinajstić information content (AvgIpc) is 2.77. The number of fused-ring (bicyclic) bond motifs is 1. The molecule has 0 saturated carbocycles. The molecule has 0 aliphatic rings. The molecule has 2 heterocycles. The van der Waals surface area contributed by atoms with Gasteiger partial charge >= 0.3 is 0 Å². The van der Waals surface area contributed by atoms with Gasteiger partial charge in [0.05, 0.1) is 9.90 Å². The van der Waals surface area contributed by atoms with Gasteiger partial charge < -0.3 is 0 Å². The second-order valence-electron chi connectivity index (χ2n) is 3.54. The smallest absolute Gasteiger partial charge is 0.127 e. The summed E-state index contributed by atoms with van der Waals surface area (Å²) in [5, 5.41) is 11.9. The van der Waals surface area contributed by atoms with Crippen molar-refractivity contribution in [1.29, 1.82) is 0 Å². The van der Waals surface area contributed by atoms with Crippen LogP contribution in [0.15, 0.2) is 35.7 Å². The third kappa shape index (κ3) is 1.78. The highest BCUT2D eigenvalue weighted by molar-refractivity contribution is 7.71. The van der Waals surface area contributed by atoms with E-state index >= 15 is 0 Å². The van der Waals surface area contributed by atoms with Gasteiger partial charge in [0, 0.05) is 10.8 Å². The first-order chi connectivity index (χ1) is 8.27. The normalized spacial score (nSPS) is 10.9. The van der Waals surface area contributed by atoms with Crippen molar-refractivity contribution in [3.8, 4) is 10.6 Å². The van der Waals surface area contributed by atoms with Gasteiger partial charge in [0.1, 0.15) is 10.3 Å². The van der Waals surface area contributed by atoms with Crippen LogP contribution in [0.25, 0.3) is 21.3 Å². The first kappa shape index (κ1) is 10.9. The lowest BCUT2D eigenvalue weighted by Gasteiger charge is -2.03. The van der Waals surface area contributed by atoms with Gasteiger partial charge in [-0.1, -0.05) is 48.1 Å². The molecule has 2 aromatic heterocycles. The van der Waals surface area contributed by atoms with E-state index in [9.17, 15) is 0 Å². The van der Waals surface area contributed by atoms with Gasteiger partial charge in [-0.25, -0.2) is 0 Å². The predicted octanol–water partition coefficient (Wildman–Crippen LogP) is 4.67. The Morgan fingerprint density at radius 3 is 2.65 bits per heavy atom. The summed E-state index contributed by atoms with van der Waals surface area (Å²) in [6.07, 6.45) is 0. The van der Waals surface area contributed by atoms with E-state index in [1.165, 1.54) is 0 Å². The Morgan fingerprint density at radius 2 is 1.94 bits per heavy atom. The Kier molecular flexibility index (Phi) is 2.70. The predicted molar refractivity (Wildman–Crippen MR) is 75.3 cm³/mol. The molecule has 0 spiro atoms.